The highest BCUT2D eigenvalue weighted by molar-refractivity contribution is 6.61. The van der Waals surface area contributed by atoms with Crippen LogP contribution in [0.4, 0.5) is 18.0 Å². The largest absolute Gasteiger partial charge is 0.489 e. The molecule has 14 nitrogen and oxygen atoms in total. The van der Waals surface area contributed by atoms with Crippen molar-refractivity contribution in [3.63, 3.8) is 0 Å². The van der Waals surface area contributed by atoms with Gasteiger partial charge in [-0.3, -0.25) is 28.8 Å². The maximum absolute atomic E-state index is 12.9. The number of halogens is 6. The number of Topliss-reactive ketones (excluding diaryl/α,β-unsaturated/α-hetero) is 2. The van der Waals surface area contributed by atoms with Gasteiger partial charge in [-0.05, 0) is 145 Å². The zero-order valence-corrected chi connectivity index (χ0v) is 47.4. The first-order chi connectivity index (χ1) is 35.1. The maximum Gasteiger partial charge on any atom is 0.471 e. The minimum absolute atomic E-state index is 0.0236. The minimum atomic E-state index is -4.90. The van der Waals surface area contributed by atoms with Crippen molar-refractivity contribution < 1.29 is 65.7 Å². The number of benzene rings is 2. The highest BCUT2D eigenvalue weighted by Gasteiger charge is 2.40. The Labute approximate surface area is 456 Å². The lowest BCUT2D eigenvalue weighted by Crippen LogP contribution is -2.46. The molecule has 0 aliphatic heterocycles. The Morgan fingerprint density at radius 1 is 0.600 bits per heavy atom. The molecule has 0 saturated heterocycles. The highest BCUT2D eigenvalue weighted by atomic mass is 35.5. The van der Waals surface area contributed by atoms with Crippen molar-refractivity contribution in [3.8, 4) is 11.5 Å². The molecule has 2 fully saturated rings. The van der Waals surface area contributed by atoms with E-state index in [4.69, 9.17) is 49.0 Å². The SMILES string of the molecule is CC(C)COC(=O)Cl.CCC(=O)C(CC1CCC(CC(=O)OCC(C)C)CC1)NC(=O)c1ccc(OC(C)C)c(Cl)c1.CCC(=O)C(CC1CCC(NC(=O)C(F)(F)F)CC1)NC(=O)c1ccc(OC(C)C)c(Cl)c1. The summed E-state index contributed by atoms with van der Waals surface area (Å²) >= 11 is 17.3. The van der Waals surface area contributed by atoms with Crippen LogP contribution in [0.3, 0.4) is 0 Å². The minimum Gasteiger partial charge on any atom is -0.489 e. The van der Waals surface area contributed by atoms with E-state index >= 15 is 0 Å². The Hall–Kier alpha value is -4.61. The zero-order valence-electron chi connectivity index (χ0n) is 45.1. The van der Waals surface area contributed by atoms with Crippen molar-refractivity contribution in [1.29, 1.82) is 0 Å². The van der Waals surface area contributed by atoms with E-state index in [1.54, 1.807) is 37.3 Å². The third-order valence-corrected chi connectivity index (χ3v) is 13.0. The average Bonchev–Trinajstić information content (AvgIpc) is 3.33. The fourth-order valence-electron chi connectivity index (χ4n) is 8.43. The summed E-state index contributed by atoms with van der Waals surface area (Å²) in [5, 5.41) is 8.37. The van der Waals surface area contributed by atoms with E-state index in [0.717, 1.165) is 25.7 Å². The van der Waals surface area contributed by atoms with Crippen LogP contribution in [0.5, 0.6) is 11.5 Å². The van der Waals surface area contributed by atoms with Crippen LogP contribution in [0, 0.1) is 29.6 Å². The quantitative estimate of drug-likeness (QED) is 0.0708. The second-order valence-electron chi connectivity index (χ2n) is 20.6. The number of esters is 1. The first-order valence-electron chi connectivity index (χ1n) is 26.1. The first kappa shape index (κ1) is 66.5. The van der Waals surface area contributed by atoms with Crippen LogP contribution < -0.4 is 25.4 Å². The van der Waals surface area contributed by atoms with Gasteiger partial charge in [0.05, 0.1) is 47.6 Å². The normalized spacial score (nSPS) is 18.3. The first-order valence-corrected chi connectivity index (χ1v) is 27.2. The van der Waals surface area contributed by atoms with E-state index in [1.807, 2.05) is 67.6 Å². The number of ketones is 2. The molecule has 75 heavy (non-hydrogen) atoms. The lowest BCUT2D eigenvalue weighted by molar-refractivity contribution is -0.174. The summed E-state index contributed by atoms with van der Waals surface area (Å²) in [5.74, 6) is -0.491. The van der Waals surface area contributed by atoms with Gasteiger partial charge in [0.15, 0.2) is 11.6 Å². The van der Waals surface area contributed by atoms with Crippen LogP contribution in [-0.4, -0.2) is 90.4 Å². The maximum atomic E-state index is 12.9. The van der Waals surface area contributed by atoms with Crippen LogP contribution in [0.2, 0.25) is 10.0 Å². The second kappa shape index (κ2) is 33.5. The number of hydrogen-bond donors (Lipinski definition) is 3. The summed E-state index contributed by atoms with van der Waals surface area (Å²) in [6.07, 6.45) is 2.72. The van der Waals surface area contributed by atoms with Gasteiger partial charge in [0.1, 0.15) is 11.5 Å². The molecule has 0 bridgehead atoms. The van der Waals surface area contributed by atoms with E-state index in [9.17, 15) is 46.7 Å². The Bertz CT molecular complexity index is 2160. The number of alkyl halides is 3. The second-order valence-corrected chi connectivity index (χ2v) is 21.7. The van der Waals surface area contributed by atoms with E-state index in [1.165, 1.54) is 6.07 Å². The van der Waals surface area contributed by atoms with Gasteiger partial charge in [-0.25, -0.2) is 4.79 Å². The van der Waals surface area contributed by atoms with Crippen LogP contribution >= 0.6 is 34.8 Å². The Kier molecular flexibility index (Phi) is 29.7. The van der Waals surface area contributed by atoms with E-state index in [0.29, 0.717) is 116 Å². The molecule has 2 atom stereocenters. The molecule has 3 N–H and O–H groups in total. The molecule has 2 saturated carbocycles. The smallest absolute Gasteiger partial charge is 0.471 e. The van der Waals surface area contributed by atoms with Gasteiger partial charge < -0.3 is 34.9 Å². The lowest BCUT2D eigenvalue weighted by atomic mass is 9.77. The number of ether oxygens (including phenoxy) is 4. The van der Waals surface area contributed by atoms with Gasteiger partial charge in [0.2, 0.25) is 0 Å². The zero-order chi connectivity index (χ0) is 56.6. The molecule has 2 unspecified atom stereocenters. The van der Waals surface area contributed by atoms with Gasteiger partial charge in [-0.2, -0.15) is 13.2 Å². The Balaban J connectivity index is 0.000000448. The topological polar surface area (TPSA) is 192 Å². The predicted molar refractivity (Wildman–Crippen MR) is 285 cm³/mol. The molecule has 4 rings (SSSR count). The third kappa shape index (κ3) is 26.3. The summed E-state index contributed by atoms with van der Waals surface area (Å²) in [4.78, 5) is 83.8. The number of rotatable bonds is 23. The van der Waals surface area contributed by atoms with Gasteiger partial charge in [0, 0.05) is 48.0 Å². The average molecular weight is 1120 g/mol. The monoisotopic (exact) mass is 1120 g/mol. The molecule has 2 aliphatic carbocycles. The summed E-state index contributed by atoms with van der Waals surface area (Å²) < 4.78 is 58.3. The Morgan fingerprint density at radius 3 is 1.32 bits per heavy atom. The van der Waals surface area contributed by atoms with Crippen molar-refractivity contribution in [2.24, 2.45) is 29.6 Å². The number of carbonyl (C=O) groups is 7. The van der Waals surface area contributed by atoms with Crippen molar-refractivity contribution >= 4 is 75.5 Å². The number of carbonyl (C=O) groups excluding carboxylic acids is 7. The molecule has 0 aromatic heterocycles. The van der Waals surface area contributed by atoms with Gasteiger partial charge in [-0.1, -0.05) is 77.6 Å². The van der Waals surface area contributed by atoms with Crippen molar-refractivity contribution in [2.75, 3.05) is 13.2 Å². The van der Waals surface area contributed by atoms with Gasteiger partial charge in [-0.15, -0.1) is 0 Å². The summed E-state index contributed by atoms with van der Waals surface area (Å²) in [6.45, 7) is 19.9. The molecule has 422 valence electrons. The van der Waals surface area contributed by atoms with Crippen LogP contribution in [0.25, 0.3) is 0 Å². The summed E-state index contributed by atoms with van der Waals surface area (Å²) in [6, 6.07) is 7.80. The van der Waals surface area contributed by atoms with Crippen molar-refractivity contribution in [1.82, 2.24) is 16.0 Å². The standard InChI is InChI=1S/C27H40ClNO5.C23H30ClF3N2O4.C5H9ClO2/c1-6-24(30)23(29-27(32)21-11-12-25(22(28)15-21)34-18(4)5)13-19-7-9-20(10-8-19)14-26(31)33-16-17(2)3;1-4-19(30)18(11-14-5-8-16(9-6-14)28-22(32)23(25,26)27)29-21(31)15-7-10-20(17(24)12-15)33-13(2)3;1-4(2)3-8-5(6)7/h11-12,15,17-20,23H,6-10,13-14,16H2,1-5H3,(H,29,32);7,10,12-14,16,18H,4-6,8-9,11H2,1-3H3,(H,28,32)(H,29,31);4H,3H2,1-2H3. The molecule has 2 aromatic carbocycles. The van der Waals surface area contributed by atoms with Crippen LogP contribution in [0.1, 0.15) is 173 Å². The van der Waals surface area contributed by atoms with E-state index < -0.39 is 41.5 Å². The molecule has 2 aliphatic rings. The molecular formula is C55H79Cl3F3N3O11. The third-order valence-electron chi connectivity index (χ3n) is 12.3. The summed E-state index contributed by atoms with van der Waals surface area (Å²) in [7, 11) is 0. The fourth-order valence-corrected chi connectivity index (χ4v) is 8.95. The molecule has 20 heteroatoms. The van der Waals surface area contributed by atoms with Crippen LogP contribution in [-0.2, 0) is 28.7 Å². The molecular weight excluding hydrogens is 1040 g/mol. The number of nitrogens with one attached hydrogen (secondary N) is 3. The van der Waals surface area contributed by atoms with Crippen LogP contribution in [0.15, 0.2) is 36.4 Å². The summed E-state index contributed by atoms with van der Waals surface area (Å²) in [5.41, 5.74) is -0.0269. The number of hydrogen-bond acceptors (Lipinski definition) is 11. The van der Waals surface area contributed by atoms with E-state index in [2.05, 4.69) is 15.4 Å². The van der Waals surface area contributed by atoms with E-state index in [-0.39, 0.29) is 53.0 Å². The highest BCUT2D eigenvalue weighted by Crippen LogP contribution is 2.35. The van der Waals surface area contributed by atoms with Crippen molar-refractivity contribution in [2.45, 2.75) is 189 Å². The molecule has 0 radical (unpaired) electrons. The predicted octanol–water partition coefficient (Wildman–Crippen LogP) is 12.8. The van der Waals surface area contributed by atoms with Crippen molar-refractivity contribution in [3.05, 3.63) is 57.6 Å². The lowest BCUT2D eigenvalue weighted by Gasteiger charge is -2.31. The molecule has 2 aromatic rings. The fraction of sp³-hybridized carbons (Fsp3) is 0.655. The Morgan fingerprint density at radius 2 is 0.987 bits per heavy atom. The van der Waals surface area contributed by atoms with Gasteiger partial charge in [0.25, 0.3) is 11.8 Å². The molecule has 3 amide bonds. The number of amides is 3. The molecule has 0 spiro atoms. The molecule has 0 heterocycles. The van der Waals surface area contributed by atoms with Gasteiger partial charge >= 0.3 is 23.5 Å².